The van der Waals surface area contributed by atoms with E-state index in [1.807, 2.05) is 59.2 Å². The molecule has 0 unspecified atom stereocenters. The van der Waals surface area contributed by atoms with Gasteiger partial charge in [-0.25, -0.2) is 9.78 Å². The Labute approximate surface area is 201 Å². The summed E-state index contributed by atoms with van der Waals surface area (Å²) in [6, 6.07) is 16.7. The van der Waals surface area contributed by atoms with Crippen LogP contribution in [0.15, 0.2) is 66.0 Å². The van der Waals surface area contributed by atoms with Crippen molar-refractivity contribution in [3.05, 3.63) is 60.8 Å². The number of carbonyl (C=O) groups is 3. The number of nitrogens with zero attached hydrogens (tertiary/aromatic N) is 3. The zero-order valence-electron chi connectivity index (χ0n) is 19.1. The van der Waals surface area contributed by atoms with Crippen LogP contribution < -0.4 is 15.5 Å². The molecular formula is C24H25N5O4S. The fraction of sp³-hybridized carbons (Fsp3) is 0.250. The van der Waals surface area contributed by atoms with Gasteiger partial charge in [0.15, 0.2) is 5.16 Å². The maximum Gasteiger partial charge on any atom is 0.344 e. The Balaban J connectivity index is 1.56. The molecule has 4 amide bonds. The molecule has 1 atom stereocenters. The van der Waals surface area contributed by atoms with Crippen LogP contribution in [-0.4, -0.2) is 50.8 Å². The average molecular weight is 480 g/mol. The van der Waals surface area contributed by atoms with Crippen LogP contribution in [0, 0.1) is 0 Å². The molecule has 1 saturated heterocycles. The van der Waals surface area contributed by atoms with E-state index >= 15 is 0 Å². The van der Waals surface area contributed by atoms with Gasteiger partial charge in [-0.05, 0) is 25.5 Å². The number of rotatable bonds is 8. The van der Waals surface area contributed by atoms with Crippen molar-refractivity contribution >= 4 is 29.6 Å². The van der Waals surface area contributed by atoms with Crippen molar-refractivity contribution in [2.24, 2.45) is 0 Å². The number of benzene rings is 2. The second-order valence-corrected chi connectivity index (χ2v) is 8.85. The fourth-order valence-electron chi connectivity index (χ4n) is 3.56. The molecule has 10 heteroatoms. The first-order valence-electron chi connectivity index (χ1n) is 10.7. The molecule has 1 aliphatic rings. The van der Waals surface area contributed by atoms with Crippen LogP contribution in [0.5, 0.6) is 5.75 Å². The Kier molecular flexibility index (Phi) is 6.60. The highest BCUT2D eigenvalue weighted by atomic mass is 32.2. The van der Waals surface area contributed by atoms with Gasteiger partial charge >= 0.3 is 6.03 Å². The summed E-state index contributed by atoms with van der Waals surface area (Å²) in [5.41, 5.74) is 4.03. The van der Waals surface area contributed by atoms with Crippen molar-refractivity contribution in [1.82, 2.24) is 25.3 Å². The number of imide groups is 1. The normalized spacial score (nSPS) is 17.6. The molecule has 2 N–H and O–H groups in total. The van der Waals surface area contributed by atoms with Crippen LogP contribution in [0.2, 0.25) is 0 Å². The van der Waals surface area contributed by atoms with Gasteiger partial charge in [-0.3, -0.25) is 19.6 Å². The summed E-state index contributed by atoms with van der Waals surface area (Å²) < 4.78 is 7.32. The summed E-state index contributed by atoms with van der Waals surface area (Å²) in [7, 11) is 1.60. The Hall–Kier alpha value is -3.79. The minimum absolute atomic E-state index is 0.0465. The summed E-state index contributed by atoms with van der Waals surface area (Å²) in [5.74, 6) is -0.330. The highest BCUT2D eigenvalue weighted by Gasteiger charge is 2.47. The molecule has 4 rings (SSSR count). The van der Waals surface area contributed by atoms with Crippen molar-refractivity contribution < 1.29 is 19.1 Å². The second-order valence-electron chi connectivity index (χ2n) is 7.91. The smallest absolute Gasteiger partial charge is 0.344 e. The number of urea groups is 1. The number of amides is 4. The zero-order valence-corrected chi connectivity index (χ0v) is 19.9. The van der Waals surface area contributed by atoms with Crippen LogP contribution in [-0.2, 0) is 9.59 Å². The molecular weight excluding hydrogens is 454 g/mol. The molecule has 0 saturated carbocycles. The zero-order chi connectivity index (χ0) is 24.3. The van der Waals surface area contributed by atoms with Crippen LogP contribution in [0.4, 0.5) is 4.79 Å². The molecule has 2 heterocycles. The minimum atomic E-state index is -1.02. The van der Waals surface area contributed by atoms with E-state index in [1.165, 1.54) is 11.8 Å². The summed E-state index contributed by atoms with van der Waals surface area (Å²) in [6.45, 7) is 3.42. The minimum Gasteiger partial charge on any atom is -0.497 e. The van der Waals surface area contributed by atoms with E-state index in [2.05, 4.69) is 15.7 Å². The van der Waals surface area contributed by atoms with E-state index in [9.17, 15) is 14.4 Å². The van der Waals surface area contributed by atoms with Crippen LogP contribution in [0.25, 0.3) is 16.9 Å². The van der Waals surface area contributed by atoms with Gasteiger partial charge in [0, 0.05) is 11.6 Å². The highest BCUT2D eigenvalue weighted by molar-refractivity contribution is 7.99. The largest absolute Gasteiger partial charge is 0.497 e. The molecule has 3 aromatic rings. The molecule has 2 aromatic carbocycles. The van der Waals surface area contributed by atoms with E-state index < -0.39 is 23.4 Å². The third kappa shape index (κ3) is 4.49. The number of aromatic nitrogens is 2. The Morgan fingerprint density at radius 3 is 2.62 bits per heavy atom. The van der Waals surface area contributed by atoms with Gasteiger partial charge in [0.1, 0.15) is 11.3 Å². The van der Waals surface area contributed by atoms with E-state index in [0.29, 0.717) is 17.3 Å². The van der Waals surface area contributed by atoms with Crippen molar-refractivity contribution in [2.75, 3.05) is 12.9 Å². The van der Waals surface area contributed by atoms with Gasteiger partial charge in [-0.15, -0.1) is 0 Å². The number of carbonyl (C=O) groups excluding carboxylic acids is 3. The number of thioether (sulfide) groups is 1. The molecule has 176 valence electrons. The monoisotopic (exact) mass is 479 g/mol. The first-order chi connectivity index (χ1) is 16.4. The summed E-state index contributed by atoms with van der Waals surface area (Å²) >= 11 is 1.20. The third-order valence-electron chi connectivity index (χ3n) is 5.65. The number of hydrogen-bond acceptors (Lipinski definition) is 6. The summed E-state index contributed by atoms with van der Waals surface area (Å²) in [4.78, 5) is 41.9. The third-order valence-corrected chi connectivity index (χ3v) is 6.60. The van der Waals surface area contributed by atoms with Gasteiger partial charge in [-0.2, -0.15) is 5.01 Å². The maximum absolute atomic E-state index is 12.6. The first kappa shape index (κ1) is 23.4. The lowest BCUT2D eigenvalue weighted by Gasteiger charge is -2.19. The lowest BCUT2D eigenvalue weighted by Crippen LogP contribution is -2.49. The van der Waals surface area contributed by atoms with Crippen molar-refractivity contribution in [3.8, 4) is 22.7 Å². The van der Waals surface area contributed by atoms with Gasteiger partial charge in [0.05, 0.1) is 30.4 Å². The summed E-state index contributed by atoms with van der Waals surface area (Å²) in [5, 5.41) is 3.94. The number of ether oxygens (including phenoxy) is 1. The quantitative estimate of drug-likeness (QED) is 0.379. The van der Waals surface area contributed by atoms with Crippen molar-refractivity contribution in [1.29, 1.82) is 0 Å². The van der Waals surface area contributed by atoms with Crippen LogP contribution >= 0.6 is 11.8 Å². The lowest BCUT2D eigenvalue weighted by atomic mass is 10.00. The lowest BCUT2D eigenvalue weighted by molar-refractivity contribution is -0.137. The van der Waals surface area contributed by atoms with Crippen molar-refractivity contribution in [3.63, 3.8) is 0 Å². The van der Waals surface area contributed by atoms with Crippen LogP contribution in [0.3, 0.4) is 0 Å². The SMILES string of the molecule is CC[C@@]1(C)NC(=O)N(NC(=O)CSc2ncc(-c3ccccc3)n2-c2cccc(OC)c2)C1=O. The average Bonchev–Trinajstić information content (AvgIpc) is 3.38. The van der Waals surface area contributed by atoms with Gasteiger partial charge in [0.2, 0.25) is 5.91 Å². The Morgan fingerprint density at radius 2 is 1.94 bits per heavy atom. The molecule has 1 aromatic heterocycles. The first-order valence-corrected chi connectivity index (χ1v) is 11.7. The topological polar surface area (TPSA) is 106 Å². The molecule has 0 aliphatic carbocycles. The second kappa shape index (κ2) is 9.60. The molecule has 34 heavy (non-hydrogen) atoms. The van der Waals surface area contributed by atoms with E-state index in [1.54, 1.807) is 27.2 Å². The van der Waals surface area contributed by atoms with Gasteiger partial charge in [-0.1, -0.05) is 55.1 Å². The Morgan fingerprint density at radius 1 is 1.18 bits per heavy atom. The van der Waals surface area contributed by atoms with E-state index in [0.717, 1.165) is 22.0 Å². The standard InChI is InChI=1S/C24H25N5O4S/c1-4-24(2)21(31)29(22(32)26-24)27-20(30)15-34-23-25-14-19(16-9-6-5-7-10-16)28(23)17-11-8-12-18(13-17)33-3/h5-14H,4,15H2,1-3H3,(H,26,32)(H,27,30)/t24-/m1/s1. The highest BCUT2D eigenvalue weighted by Crippen LogP contribution is 2.31. The predicted molar refractivity (Wildman–Crippen MR) is 128 cm³/mol. The Bertz CT molecular complexity index is 1230. The van der Waals surface area contributed by atoms with Crippen molar-refractivity contribution in [2.45, 2.75) is 31.0 Å². The molecule has 1 aliphatic heterocycles. The summed E-state index contributed by atoms with van der Waals surface area (Å²) in [6.07, 6.45) is 2.16. The number of methoxy groups -OCH3 is 1. The van der Waals surface area contributed by atoms with Gasteiger partial charge in [0.25, 0.3) is 5.91 Å². The van der Waals surface area contributed by atoms with E-state index in [-0.39, 0.29) is 5.75 Å². The molecule has 9 nitrogen and oxygen atoms in total. The van der Waals surface area contributed by atoms with Gasteiger partial charge < -0.3 is 10.1 Å². The maximum atomic E-state index is 12.6. The predicted octanol–water partition coefficient (Wildman–Crippen LogP) is 3.39. The fourth-order valence-corrected chi connectivity index (χ4v) is 4.35. The molecule has 1 fully saturated rings. The number of imidazole rings is 1. The molecule has 0 radical (unpaired) electrons. The van der Waals surface area contributed by atoms with Crippen LogP contribution in [0.1, 0.15) is 20.3 Å². The van der Waals surface area contributed by atoms with E-state index in [4.69, 9.17) is 4.74 Å². The number of hydrogen-bond donors (Lipinski definition) is 2. The number of hydrazine groups is 1. The molecule has 0 spiro atoms. The molecule has 0 bridgehead atoms. The number of nitrogens with one attached hydrogen (secondary N) is 2.